The first-order valence-electron chi connectivity index (χ1n) is 26.3. The summed E-state index contributed by atoms with van der Waals surface area (Å²) in [7, 11) is 0. The second kappa shape index (κ2) is 45.9. The molecule has 0 amide bonds. The molecule has 1 unspecified atom stereocenters. The molecule has 0 radical (unpaired) electrons. The summed E-state index contributed by atoms with van der Waals surface area (Å²) in [5.41, 5.74) is 0. The molecule has 0 saturated carbocycles. The van der Waals surface area contributed by atoms with E-state index < -0.39 is 6.10 Å². The molecule has 0 aromatic carbocycles. The molecular formula is C53H102O6. The lowest BCUT2D eigenvalue weighted by atomic mass is 9.99. The minimum absolute atomic E-state index is 0.0639. The maximum Gasteiger partial charge on any atom is 0.306 e. The molecule has 0 fully saturated rings. The van der Waals surface area contributed by atoms with E-state index in [0.29, 0.717) is 19.3 Å². The van der Waals surface area contributed by atoms with E-state index in [1.807, 2.05) is 0 Å². The second-order valence-corrected chi connectivity index (χ2v) is 18.9. The van der Waals surface area contributed by atoms with E-state index in [2.05, 4.69) is 34.6 Å². The zero-order chi connectivity index (χ0) is 43.3. The highest BCUT2D eigenvalue weighted by Crippen LogP contribution is 2.18. The van der Waals surface area contributed by atoms with Gasteiger partial charge in [0, 0.05) is 19.3 Å². The first-order valence-corrected chi connectivity index (χ1v) is 26.3. The van der Waals surface area contributed by atoms with Gasteiger partial charge in [0.2, 0.25) is 0 Å². The van der Waals surface area contributed by atoms with Gasteiger partial charge < -0.3 is 14.2 Å². The largest absolute Gasteiger partial charge is 0.462 e. The molecule has 0 aliphatic carbocycles. The van der Waals surface area contributed by atoms with Crippen LogP contribution in [0.1, 0.15) is 291 Å². The highest BCUT2D eigenvalue weighted by molar-refractivity contribution is 5.71. The van der Waals surface area contributed by atoms with Crippen molar-refractivity contribution in [2.45, 2.75) is 298 Å². The Labute approximate surface area is 368 Å². The zero-order valence-corrected chi connectivity index (χ0v) is 40.4. The summed E-state index contributed by atoms with van der Waals surface area (Å²) in [6.07, 6.45) is 46.6. The number of hydrogen-bond acceptors (Lipinski definition) is 6. The van der Waals surface area contributed by atoms with Crippen LogP contribution in [0.2, 0.25) is 0 Å². The van der Waals surface area contributed by atoms with Crippen molar-refractivity contribution in [2.75, 3.05) is 13.2 Å². The maximum atomic E-state index is 12.8. The van der Waals surface area contributed by atoms with Gasteiger partial charge in [0.05, 0.1) is 0 Å². The van der Waals surface area contributed by atoms with Gasteiger partial charge in [-0.3, -0.25) is 14.4 Å². The molecule has 0 spiro atoms. The Morgan fingerprint density at radius 2 is 0.644 bits per heavy atom. The lowest BCUT2D eigenvalue weighted by molar-refractivity contribution is -0.167. The molecule has 0 aromatic rings. The molecule has 0 rings (SSSR count). The zero-order valence-electron chi connectivity index (χ0n) is 40.4. The number of ether oxygens (including phenoxy) is 3. The fourth-order valence-electron chi connectivity index (χ4n) is 7.96. The van der Waals surface area contributed by atoms with E-state index in [1.54, 1.807) is 0 Å². The quantitative estimate of drug-likeness (QED) is 0.0345. The van der Waals surface area contributed by atoms with Gasteiger partial charge in [-0.1, -0.05) is 253 Å². The molecule has 0 saturated heterocycles. The standard InChI is InChI=1S/C53H102O6/c1-6-8-9-10-11-12-18-22-28-33-38-43-51(54)57-46-50(59-53(56)45-40-35-30-25-24-27-32-37-42-49(5)7-2)47-58-52(55)44-39-34-29-23-20-17-15-13-14-16-19-21-26-31-36-41-48(3)4/h48-50H,6-47H2,1-5H3/t49?,50-/m0/s1. The predicted molar refractivity (Wildman–Crippen MR) is 252 cm³/mol. The summed E-state index contributed by atoms with van der Waals surface area (Å²) in [6, 6.07) is 0. The van der Waals surface area contributed by atoms with Crippen LogP contribution < -0.4 is 0 Å². The van der Waals surface area contributed by atoms with Crippen LogP contribution in [0.25, 0.3) is 0 Å². The highest BCUT2D eigenvalue weighted by atomic mass is 16.6. The predicted octanol–water partition coefficient (Wildman–Crippen LogP) is 16.9. The van der Waals surface area contributed by atoms with E-state index in [-0.39, 0.29) is 31.1 Å². The van der Waals surface area contributed by atoms with Crippen LogP contribution in [0.5, 0.6) is 0 Å². The molecule has 6 heteroatoms. The molecule has 0 aliphatic heterocycles. The second-order valence-electron chi connectivity index (χ2n) is 18.9. The van der Waals surface area contributed by atoms with Gasteiger partial charge in [-0.05, 0) is 31.1 Å². The molecule has 59 heavy (non-hydrogen) atoms. The van der Waals surface area contributed by atoms with Gasteiger partial charge in [0.25, 0.3) is 0 Å². The van der Waals surface area contributed by atoms with Crippen molar-refractivity contribution < 1.29 is 28.6 Å². The lowest BCUT2D eigenvalue weighted by Crippen LogP contribution is -2.30. The van der Waals surface area contributed by atoms with Gasteiger partial charge in [0.1, 0.15) is 13.2 Å². The van der Waals surface area contributed by atoms with Crippen molar-refractivity contribution in [1.82, 2.24) is 0 Å². The Morgan fingerprint density at radius 3 is 0.966 bits per heavy atom. The maximum absolute atomic E-state index is 12.8. The van der Waals surface area contributed by atoms with Crippen molar-refractivity contribution in [3.63, 3.8) is 0 Å². The third-order valence-electron chi connectivity index (χ3n) is 12.3. The smallest absolute Gasteiger partial charge is 0.306 e. The number of hydrogen-bond donors (Lipinski definition) is 0. The van der Waals surface area contributed by atoms with Crippen molar-refractivity contribution >= 4 is 17.9 Å². The molecule has 0 aliphatic rings. The van der Waals surface area contributed by atoms with E-state index in [1.165, 1.54) is 180 Å². The van der Waals surface area contributed by atoms with Crippen molar-refractivity contribution in [3.8, 4) is 0 Å². The Bertz CT molecular complexity index is 902. The average Bonchev–Trinajstić information content (AvgIpc) is 3.22. The Hall–Kier alpha value is -1.59. The van der Waals surface area contributed by atoms with E-state index >= 15 is 0 Å². The molecule has 350 valence electrons. The van der Waals surface area contributed by atoms with Crippen LogP contribution >= 0.6 is 0 Å². The Kier molecular flexibility index (Phi) is 44.7. The number of carbonyl (C=O) groups is 3. The van der Waals surface area contributed by atoms with E-state index in [0.717, 1.165) is 69.6 Å². The summed E-state index contributed by atoms with van der Waals surface area (Å²) < 4.78 is 16.8. The van der Waals surface area contributed by atoms with Crippen LogP contribution in [-0.2, 0) is 28.6 Å². The van der Waals surface area contributed by atoms with Crippen LogP contribution in [-0.4, -0.2) is 37.2 Å². The molecule has 0 aromatic heterocycles. The monoisotopic (exact) mass is 835 g/mol. The van der Waals surface area contributed by atoms with Crippen LogP contribution in [0.4, 0.5) is 0 Å². The highest BCUT2D eigenvalue weighted by Gasteiger charge is 2.19. The van der Waals surface area contributed by atoms with Crippen LogP contribution in [0.15, 0.2) is 0 Å². The molecule has 0 heterocycles. The normalized spacial score (nSPS) is 12.5. The van der Waals surface area contributed by atoms with Gasteiger partial charge >= 0.3 is 17.9 Å². The number of carbonyl (C=O) groups excluding carboxylic acids is 3. The average molecular weight is 835 g/mol. The summed E-state index contributed by atoms with van der Waals surface area (Å²) in [5.74, 6) is 0.845. The molecular weight excluding hydrogens is 733 g/mol. The van der Waals surface area contributed by atoms with Gasteiger partial charge in [0.15, 0.2) is 6.10 Å². The molecule has 6 nitrogen and oxygen atoms in total. The molecule has 2 atom stereocenters. The van der Waals surface area contributed by atoms with Gasteiger partial charge in [-0.2, -0.15) is 0 Å². The first-order chi connectivity index (χ1) is 28.8. The third kappa shape index (κ3) is 45.8. The van der Waals surface area contributed by atoms with Crippen molar-refractivity contribution in [1.29, 1.82) is 0 Å². The lowest BCUT2D eigenvalue weighted by Gasteiger charge is -2.18. The van der Waals surface area contributed by atoms with E-state index in [9.17, 15) is 14.4 Å². The van der Waals surface area contributed by atoms with Gasteiger partial charge in [-0.15, -0.1) is 0 Å². The number of unbranched alkanes of at least 4 members (excludes halogenated alkanes) is 31. The fraction of sp³-hybridized carbons (Fsp3) is 0.943. The third-order valence-corrected chi connectivity index (χ3v) is 12.3. The number of rotatable bonds is 47. The fourth-order valence-corrected chi connectivity index (χ4v) is 7.96. The Balaban J connectivity index is 4.27. The Morgan fingerprint density at radius 1 is 0.356 bits per heavy atom. The minimum Gasteiger partial charge on any atom is -0.462 e. The van der Waals surface area contributed by atoms with Crippen LogP contribution in [0.3, 0.4) is 0 Å². The molecule has 0 bridgehead atoms. The minimum atomic E-state index is -0.761. The topological polar surface area (TPSA) is 78.9 Å². The summed E-state index contributed by atoms with van der Waals surface area (Å²) in [4.78, 5) is 37.9. The first kappa shape index (κ1) is 57.4. The van der Waals surface area contributed by atoms with Crippen molar-refractivity contribution in [3.05, 3.63) is 0 Å². The SMILES string of the molecule is CCCCCCCCCCCCCC(=O)OC[C@@H](COC(=O)CCCCCCCCCCCCCCCCCC(C)C)OC(=O)CCCCCCCCCCC(C)CC. The summed E-state index contributed by atoms with van der Waals surface area (Å²) >= 11 is 0. The van der Waals surface area contributed by atoms with E-state index in [4.69, 9.17) is 14.2 Å². The summed E-state index contributed by atoms with van der Waals surface area (Å²) in [5, 5.41) is 0. The number of esters is 3. The van der Waals surface area contributed by atoms with Gasteiger partial charge in [-0.25, -0.2) is 0 Å². The summed E-state index contributed by atoms with van der Waals surface area (Å²) in [6.45, 7) is 11.4. The molecule has 0 N–H and O–H groups in total. The van der Waals surface area contributed by atoms with Crippen molar-refractivity contribution in [2.24, 2.45) is 11.8 Å². The van der Waals surface area contributed by atoms with Crippen LogP contribution in [0, 0.1) is 11.8 Å².